The maximum absolute atomic E-state index is 9.90. The van der Waals surface area contributed by atoms with Crippen molar-refractivity contribution in [2.24, 2.45) is 11.5 Å². The van der Waals surface area contributed by atoms with Crippen LogP contribution in [0.15, 0.2) is 0 Å². The lowest BCUT2D eigenvalue weighted by atomic mass is 10.2. The Morgan fingerprint density at radius 1 is 0.972 bits per heavy atom. The molecule has 0 bridgehead atoms. The Hall–Kier alpha value is -2.16. The molecular formula is C16H36Cl2N3O14S-. The van der Waals surface area contributed by atoms with Gasteiger partial charge in [0, 0.05) is 39.0 Å². The van der Waals surface area contributed by atoms with E-state index in [1.165, 1.54) is 0 Å². The Morgan fingerprint density at radius 2 is 1.22 bits per heavy atom. The number of carbonyl (C=O) groups excluding carboxylic acids is 1. The van der Waals surface area contributed by atoms with Crippen LogP contribution in [0.25, 0.3) is 0 Å². The van der Waals surface area contributed by atoms with Crippen LogP contribution in [0.1, 0.15) is 25.7 Å². The molecule has 1 atom stereocenters. The Bertz CT molecular complexity index is 536. The minimum absolute atomic E-state index is 0. The molecule has 1 aliphatic heterocycles. The van der Waals surface area contributed by atoms with Crippen LogP contribution in [0, 0.1) is 0 Å². The highest BCUT2D eigenvalue weighted by Gasteiger charge is 2.19. The van der Waals surface area contributed by atoms with E-state index in [0.717, 1.165) is 19.7 Å². The van der Waals surface area contributed by atoms with E-state index in [2.05, 4.69) is 5.32 Å². The third-order valence-corrected chi connectivity index (χ3v) is 2.59. The summed E-state index contributed by atoms with van der Waals surface area (Å²) >= 11 is 5.27. The van der Waals surface area contributed by atoms with Gasteiger partial charge in [0.2, 0.25) is 0 Å². The molecule has 220 valence electrons. The Kier molecular flexibility index (Phi) is 65.0. The number of aliphatic carboxylic acids is 2. The smallest absolute Gasteiger partial charge is 0.394 e. The van der Waals surface area contributed by atoms with Crippen molar-refractivity contribution in [3.63, 3.8) is 0 Å². The summed E-state index contributed by atoms with van der Waals surface area (Å²) in [5, 5.41) is 33.1. The highest BCUT2D eigenvalue weighted by Crippen LogP contribution is 2.08. The number of nitrogens with one attached hydrogen (secondary N) is 1. The molecule has 0 aromatic carbocycles. The molecule has 1 heterocycles. The number of carboxylic acids is 2. The second-order valence-corrected chi connectivity index (χ2v) is 6.29. The Balaban J connectivity index is -0.0000000577. The molecule has 20 heteroatoms. The summed E-state index contributed by atoms with van der Waals surface area (Å²) in [6, 6.07) is 0. The third kappa shape index (κ3) is 158. The van der Waals surface area contributed by atoms with E-state index in [4.69, 9.17) is 80.1 Å². The molecule has 1 unspecified atom stereocenters. The standard InChI is InChI=1S/C6H10O4.C4H13N3.C3H5ClO.2CH2O2.CH2O.ClH.H2O4S/c7-5(8)3-1-2-4-6(9)10;5-1-3-7-4-2-6;4-1-3-2-5-3;2*2-1-3;1-2;;1-5(2,3)4/h1-4H2,(H,7,8)(H,9,10);7H,1-6H2;3H,1-2H2;2*1H,(H,2,3);1H2;1H;(H2,1,2,3,4)/p-1. The van der Waals surface area contributed by atoms with Crippen molar-refractivity contribution in [1.82, 2.24) is 5.32 Å². The fourth-order valence-electron chi connectivity index (χ4n) is 1.04. The van der Waals surface area contributed by atoms with E-state index < -0.39 is 22.3 Å². The van der Waals surface area contributed by atoms with Crippen molar-refractivity contribution in [3.8, 4) is 0 Å². The first-order valence-corrected chi connectivity index (χ1v) is 11.1. The maximum atomic E-state index is 9.90. The topological polar surface area (TPSA) is 317 Å². The summed E-state index contributed by atoms with van der Waals surface area (Å²) in [6.45, 7) is 5.51. The van der Waals surface area contributed by atoms with Gasteiger partial charge < -0.3 is 59.1 Å². The minimum atomic E-state index is -4.67. The predicted octanol–water partition coefficient (Wildman–Crippen LogP) is -4.60. The number of carbonyl (C=O) groups is 5. The van der Waals surface area contributed by atoms with E-state index in [9.17, 15) is 9.59 Å². The zero-order valence-electron chi connectivity index (χ0n) is 19.3. The van der Waals surface area contributed by atoms with E-state index >= 15 is 0 Å². The largest absolute Gasteiger partial charge is 1.00 e. The normalized spacial score (nSPS) is 11.5. The number of alkyl halides is 1. The van der Waals surface area contributed by atoms with Gasteiger partial charge in [0.25, 0.3) is 12.9 Å². The number of rotatable bonds is 10. The lowest BCUT2D eigenvalue weighted by Gasteiger charge is -1.95. The van der Waals surface area contributed by atoms with Gasteiger partial charge >= 0.3 is 22.3 Å². The first kappa shape index (κ1) is 50.7. The van der Waals surface area contributed by atoms with Crippen LogP contribution in [0.2, 0.25) is 0 Å². The molecule has 11 N–H and O–H groups in total. The van der Waals surface area contributed by atoms with Gasteiger partial charge in [-0.1, -0.05) is 0 Å². The molecule has 0 aromatic heterocycles. The Labute approximate surface area is 220 Å². The summed E-state index contributed by atoms with van der Waals surface area (Å²) < 4.78 is 36.3. The number of nitrogens with two attached hydrogens (primary N) is 2. The average Bonchev–Trinajstić information content (AvgIpc) is 3.59. The van der Waals surface area contributed by atoms with E-state index in [0.29, 0.717) is 37.9 Å². The molecule has 0 aromatic rings. The lowest BCUT2D eigenvalue weighted by molar-refractivity contribution is -0.139. The molecule has 0 aliphatic carbocycles. The van der Waals surface area contributed by atoms with Crippen LogP contribution in [0.4, 0.5) is 0 Å². The Morgan fingerprint density at radius 3 is 1.33 bits per heavy atom. The zero-order chi connectivity index (χ0) is 29.1. The second-order valence-electron chi connectivity index (χ2n) is 5.09. The number of hydrogen-bond donors (Lipinski definition) is 9. The van der Waals surface area contributed by atoms with Crippen molar-refractivity contribution >= 4 is 53.7 Å². The van der Waals surface area contributed by atoms with E-state index in [1.54, 1.807) is 0 Å². The van der Waals surface area contributed by atoms with Gasteiger partial charge in [-0.3, -0.25) is 28.3 Å². The quantitative estimate of drug-likeness (QED) is 0.0376. The highest BCUT2D eigenvalue weighted by atomic mass is 35.5. The van der Waals surface area contributed by atoms with Crippen molar-refractivity contribution in [3.05, 3.63) is 0 Å². The molecule has 0 amide bonds. The van der Waals surface area contributed by atoms with Gasteiger partial charge in [-0.15, -0.1) is 11.6 Å². The van der Waals surface area contributed by atoms with E-state index in [-0.39, 0.29) is 38.2 Å². The third-order valence-electron chi connectivity index (χ3n) is 2.25. The number of ether oxygens (including phenoxy) is 1. The number of hydrogen-bond acceptors (Lipinski definition) is 11. The molecule has 1 fully saturated rings. The fraction of sp³-hybridized carbons (Fsp3) is 0.688. The molecular weight excluding hydrogens is 561 g/mol. The van der Waals surface area contributed by atoms with Gasteiger partial charge in [-0.05, 0) is 12.8 Å². The molecule has 0 radical (unpaired) electrons. The number of unbranched alkanes of at least 4 members (excludes halogenated alkanes) is 1. The van der Waals surface area contributed by atoms with Gasteiger partial charge in [0.15, 0.2) is 0 Å². The SMILES string of the molecule is C=O.ClCC1CO1.NCCNCCN.O=C(O)CCCCC(=O)O.O=CO.O=CO.O=S(=O)(O)O.[Cl-]. The van der Waals surface area contributed by atoms with Crippen LogP contribution in [0.5, 0.6) is 0 Å². The van der Waals surface area contributed by atoms with Crippen molar-refractivity contribution < 1.29 is 79.1 Å². The summed E-state index contributed by atoms with van der Waals surface area (Å²) in [4.78, 5) is 44.5. The fourth-order valence-corrected chi connectivity index (χ4v) is 1.22. The van der Waals surface area contributed by atoms with Gasteiger partial charge in [0.1, 0.15) is 6.79 Å². The number of epoxide rings is 1. The summed E-state index contributed by atoms with van der Waals surface area (Å²) in [5.74, 6) is -1.07. The summed E-state index contributed by atoms with van der Waals surface area (Å²) in [5.41, 5.74) is 10.3. The van der Waals surface area contributed by atoms with Gasteiger partial charge in [-0.25, -0.2) is 0 Å². The summed E-state index contributed by atoms with van der Waals surface area (Å²) in [6.07, 6.45) is 1.42. The summed E-state index contributed by atoms with van der Waals surface area (Å²) in [7, 11) is -4.67. The predicted molar refractivity (Wildman–Crippen MR) is 124 cm³/mol. The minimum Gasteiger partial charge on any atom is -1.00 e. The molecule has 1 aliphatic rings. The second kappa shape index (κ2) is 46.2. The molecule has 1 saturated heterocycles. The van der Waals surface area contributed by atoms with Crippen molar-refractivity contribution in [2.45, 2.75) is 31.8 Å². The molecule has 17 nitrogen and oxygen atoms in total. The van der Waals surface area contributed by atoms with Gasteiger partial charge in [-0.2, -0.15) is 8.42 Å². The number of halogens is 2. The van der Waals surface area contributed by atoms with Crippen molar-refractivity contribution in [1.29, 1.82) is 0 Å². The van der Waals surface area contributed by atoms with Crippen LogP contribution in [-0.4, -0.2) is 114 Å². The van der Waals surface area contributed by atoms with Crippen LogP contribution in [0.3, 0.4) is 0 Å². The monoisotopic (exact) mass is 596 g/mol. The van der Waals surface area contributed by atoms with E-state index in [1.807, 2.05) is 6.79 Å². The zero-order valence-corrected chi connectivity index (χ0v) is 21.6. The highest BCUT2D eigenvalue weighted by molar-refractivity contribution is 7.79. The molecule has 1 rings (SSSR count). The number of carboxylic acid groups (broad SMARTS) is 4. The van der Waals surface area contributed by atoms with Gasteiger partial charge in [0.05, 0.1) is 18.6 Å². The molecule has 36 heavy (non-hydrogen) atoms. The first-order valence-electron chi connectivity index (χ1n) is 9.17. The van der Waals surface area contributed by atoms with Crippen LogP contribution in [-0.2, 0) is 39.1 Å². The molecule has 0 saturated carbocycles. The van der Waals surface area contributed by atoms with Crippen molar-refractivity contribution in [2.75, 3.05) is 38.7 Å². The van der Waals surface area contributed by atoms with Crippen LogP contribution < -0.4 is 29.2 Å². The first-order chi connectivity index (χ1) is 16.3. The lowest BCUT2D eigenvalue weighted by Crippen LogP contribution is -3.00. The molecule has 0 spiro atoms. The maximum Gasteiger partial charge on any atom is 0.394 e. The average molecular weight is 597 g/mol. The van der Waals surface area contributed by atoms with Crippen LogP contribution >= 0.6 is 11.6 Å².